The molecule has 1 saturated heterocycles. The number of nitrogens with zero attached hydrogens (tertiary/aromatic N) is 1. The number of hydrogen-bond acceptors (Lipinski definition) is 4. The van der Waals surface area contributed by atoms with Crippen molar-refractivity contribution in [3.63, 3.8) is 0 Å². The molecule has 21 heavy (non-hydrogen) atoms. The van der Waals surface area contributed by atoms with Crippen molar-refractivity contribution in [1.82, 2.24) is 4.90 Å². The molecule has 0 N–H and O–H groups in total. The topological polar surface area (TPSA) is 55.8 Å². The van der Waals surface area contributed by atoms with Crippen LogP contribution in [0.4, 0.5) is 0 Å². The Morgan fingerprint density at radius 3 is 2.76 bits per heavy atom. The molecule has 1 amide bonds. The third-order valence-electron chi connectivity index (χ3n) is 3.59. The number of benzene rings is 1. The number of rotatable bonds is 6. The summed E-state index contributed by atoms with van der Waals surface area (Å²) in [5.41, 5.74) is 0. The van der Waals surface area contributed by atoms with Gasteiger partial charge >= 0.3 is 5.97 Å². The van der Waals surface area contributed by atoms with Gasteiger partial charge in [-0.15, -0.1) is 0 Å². The van der Waals surface area contributed by atoms with Crippen LogP contribution in [0, 0.1) is 0 Å². The number of hydrogen-bond donors (Lipinski definition) is 0. The summed E-state index contributed by atoms with van der Waals surface area (Å²) in [6.45, 7) is 1.13. The fourth-order valence-electron chi connectivity index (χ4n) is 2.52. The average Bonchev–Trinajstić information content (AvgIpc) is 3.01. The van der Waals surface area contributed by atoms with Crippen LogP contribution < -0.4 is 4.74 Å². The Morgan fingerprint density at radius 2 is 2.05 bits per heavy atom. The maximum atomic E-state index is 12.2. The summed E-state index contributed by atoms with van der Waals surface area (Å²) in [5.74, 6) is 0.486. The van der Waals surface area contributed by atoms with E-state index in [4.69, 9.17) is 9.47 Å². The summed E-state index contributed by atoms with van der Waals surface area (Å²) in [4.78, 5) is 25.4. The number of likely N-dealkylation sites (tertiary alicyclic amines) is 1. The average molecular weight is 291 g/mol. The summed E-state index contributed by atoms with van der Waals surface area (Å²) >= 11 is 0. The second kappa shape index (κ2) is 7.67. The summed E-state index contributed by atoms with van der Waals surface area (Å²) in [6.07, 6.45) is 2.57. The van der Waals surface area contributed by atoms with Crippen molar-refractivity contribution < 1.29 is 19.1 Å². The zero-order valence-corrected chi connectivity index (χ0v) is 12.3. The predicted molar refractivity (Wildman–Crippen MR) is 77.9 cm³/mol. The third-order valence-corrected chi connectivity index (χ3v) is 3.59. The summed E-state index contributed by atoms with van der Waals surface area (Å²) < 4.78 is 10.3. The lowest BCUT2D eigenvalue weighted by Crippen LogP contribution is -2.41. The molecule has 1 heterocycles. The zero-order valence-electron chi connectivity index (χ0n) is 12.3. The SMILES string of the molecule is COC(=O)C1CCCN1C(=O)CCCOc1ccccc1. The second-order valence-corrected chi connectivity index (χ2v) is 5.03. The van der Waals surface area contributed by atoms with Crippen LogP contribution >= 0.6 is 0 Å². The lowest BCUT2D eigenvalue weighted by atomic mass is 10.2. The van der Waals surface area contributed by atoms with E-state index in [-0.39, 0.29) is 11.9 Å². The van der Waals surface area contributed by atoms with Gasteiger partial charge in [-0.05, 0) is 31.4 Å². The monoisotopic (exact) mass is 291 g/mol. The van der Waals surface area contributed by atoms with Gasteiger partial charge in [0.05, 0.1) is 13.7 Å². The highest BCUT2D eigenvalue weighted by Crippen LogP contribution is 2.20. The van der Waals surface area contributed by atoms with Gasteiger partial charge in [0.15, 0.2) is 0 Å². The number of methoxy groups -OCH3 is 1. The number of esters is 1. The molecule has 1 aliphatic rings. The molecule has 1 aromatic rings. The maximum Gasteiger partial charge on any atom is 0.328 e. The van der Waals surface area contributed by atoms with Gasteiger partial charge in [-0.1, -0.05) is 18.2 Å². The Labute approximate surface area is 124 Å². The van der Waals surface area contributed by atoms with Gasteiger partial charge < -0.3 is 14.4 Å². The van der Waals surface area contributed by atoms with Gasteiger partial charge in [0.2, 0.25) is 5.91 Å². The molecule has 1 atom stereocenters. The van der Waals surface area contributed by atoms with Crippen molar-refractivity contribution in [3.8, 4) is 5.75 Å². The standard InChI is InChI=1S/C16H21NO4/c1-20-16(19)14-9-5-11-17(14)15(18)10-6-12-21-13-7-3-2-4-8-13/h2-4,7-8,14H,5-6,9-12H2,1H3. The first-order chi connectivity index (χ1) is 10.2. The van der Waals surface area contributed by atoms with Crippen LogP contribution in [-0.2, 0) is 14.3 Å². The van der Waals surface area contributed by atoms with Gasteiger partial charge in [-0.25, -0.2) is 4.79 Å². The molecule has 0 bridgehead atoms. The number of carbonyl (C=O) groups excluding carboxylic acids is 2. The predicted octanol–water partition coefficient (Wildman–Crippen LogP) is 2.01. The Kier molecular flexibility index (Phi) is 5.60. The fraction of sp³-hybridized carbons (Fsp3) is 0.500. The highest BCUT2D eigenvalue weighted by atomic mass is 16.5. The quantitative estimate of drug-likeness (QED) is 0.594. The third kappa shape index (κ3) is 4.21. The first kappa shape index (κ1) is 15.4. The molecule has 5 heteroatoms. The molecule has 2 rings (SSSR count). The van der Waals surface area contributed by atoms with Crippen molar-refractivity contribution in [2.45, 2.75) is 31.7 Å². The largest absolute Gasteiger partial charge is 0.494 e. The van der Waals surface area contributed by atoms with Gasteiger partial charge in [-0.3, -0.25) is 4.79 Å². The number of para-hydroxylation sites is 1. The molecule has 1 aliphatic heterocycles. The number of amides is 1. The smallest absolute Gasteiger partial charge is 0.328 e. The Balaban J connectivity index is 1.73. The number of ether oxygens (including phenoxy) is 2. The molecule has 5 nitrogen and oxygen atoms in total. The molecule has 0 saturated carbocycles. The van der Waals surface area contributed by atoms with Crippen LogP contribution in [-0.4, -0.2) is 43.1 Å². The van der Waals surface area contributed by atoms with E-state index in [0.29, 0.717) is 32.4 Å². The Morgan fingerprint density at radius 1 is 1.29 bits per heavy atom. The lowest BCUT2D eigenvalue weighted by molar-refractivity contribution is -0.151. The molecule has 114 valence electrons. The summed E-state index contributed by atoms with van der Waals surface area (Å²) in [6, 6.07) is 9.11. The first-order valence-electron chi connectivity index (χ1n) is 7.27. The van der Waals surface area contributed by atoms with E-state index in [1.807, 2.05) is 30.3 Å². The molecular formula is C16H21NO4. The van der Waals surface area contributed by atoms with Crippen molar-refractivity contribution in [3.05, 3.63) is 30.3 Å². The van der Waals surface area contributed by atoms with E-state index in [9.17, 15) is 9.59 Å². The Hall–Kier alpha value is -2.04. The fourth-order valence-corrected chi connectivity index (χ4v) is 2.52. The molecular weight excluding hydrogens is 270 g/mol. The normalized spacial score (nSPS) is 17.6. The first-order valence-corrected chi connectivity index (χ1v) is 7.27. The van der Waals surface area contributed by atoms with Crippen molar-refractivity contribution in [1.29, 1.82) is 0 Å². The molecule has 0 radical (unpaired) electrons. The molecule has 1 fully saturated rings. The van der Waals surface area contributed by atoms with Crippen LogP contribution in [0.2, 0.25) is 0 Å². The highest BCUT2D eigenvalue weighted by molar-refractivity contribution is 5.85. The summed E-state index contributed by atoms with van der Waals surface area (Å²) in [5, 5.41) is 0. The van der Waals surface area contributed by atoms with E-state index in [1.54, 1.807) is 4.90 Å². The lowest BCUT2D eigenvalue weighted by Gasteiger charge is -2.22. The Bertz CT molecular complexity index is 474. The van der Waals surface area contributed by atoms with E-state index in [0.717, 1.165) is 12.2 Å². The molecule has 1 unspecified atom stereocenters. The van der Waals surface area contributed by atoms with Crippen molar-refractivity contribution in [2.75, 3.05) is 20.3 Å². The van der Waals surface area contributed by atoms with E-state index in [2.05, 4.69) is 0 Å². The van der Waals surface area contributed by atoms with Gasteiger partial charge in [-0.2, -0.15) is 0 Å². The maximum absolute atomic E-state index is 12.2. The van der Waals surface area contributed by atoms with Crippen molar-refractivity contribution in [2.24, 2.45) is 0 Å². The van der Waals surface area contributed by atoms with Gasteiger partial charge in [0.1, 0.15) is 11.8 Å². The molecule has 1 aromatic carbocycles. The van der Waals surface area contributed by atoms with Gasteiger partial charge in [0.25, 0.3) is 0 Å². The zero-order chi connectivity index (χ0) is 15.1. The van der Waals surface area contributed by atoms with Crippen LogP contribution in [0.3, 0.4) is 0 Å². The summed E-state index contributed by atoms with van der Waals surface area (Å²) in [7, 11) is 1.36. The van der Waals surface area contributed by atoms with E-state index < -0.39 is 6.04 Å². The number of carbonyl (C=O) groups is 2. The minimum Gasteiger partial charge on any atom is -0.494 e. The van der Waals surface area contributed by atoms with Crippen LogP contribution in [0.5, 0.6) is 5.75 Å². The van der Waals surface area contributed by atoms with Gasteiger partial charge in [0, 0.05) is 13.0 Å². The van der Waals surface area contributed by atoms with Crippen LogP contribution in [0.1, 0.15) is 25.7 Å². The molecule has 0 aliphatic carbocycles. The van der Waals surface area contributed by atoms with E-state index in [1.165, 1.54) is 7.11 Å². The second-order valence-electron chi connectivity index (χ2n) is 5.03. The van der Waals surface area contributed by atoms with Crippen LogP contribution in [0.25, 0.3) is 0 Å². The molecule has 0 aromatic heterocycles. The molecule has 0 spiro atoms. The van der Waals surface area contributed by atoms with Crippen molar-refractivity contribution >= 4 is 11.9 Å². The highest BCUT2D eigenvalue weighted by Gasteiger charge is 2.34. The minimum absolute atomic E-state index is 0.000406. The minimum atomic E-state index is -0.405. The van der Waals surface area contributed by atoms with Crippen LogP contribution in [0.15, 0.2) is 30.3 Å². The van der Waals surface area contributed by atoms with E-state index >= 15 is 0 Å².